The monoisotopic (exact) mass is 211 g/mol. The normalized spacial score (nSPS) is 28.4. The minimum absolute atomic E-state index is 1.01. The smallest absolute Gasteiger partial charge is 0.0918 e. The van der Waals surface area contributed by atoms with Gasteiger partial charge in [-0.3, -0.25) is 4.90 Å². The van der Waals surface area contributed by atoms with Gasteiger partial charge in [-0.25, -0.2) is 0 Å². The van der Waals surface area contributed by atoms with Crippen LogP contribution in [0.25, 0.3) is 0 Å². The van der Waals surface area contributed by atoms with Gasteiger partial charge in [0.2, 0.25) is 0 Å². The van der Waals surface area contributed by atoms with E-state index in [1.807, 2.05) is 0 Å². The van der Waals surface area contributed by atoms with Gasteiger partial charge in [-0.05, 0) is 39.2 Å². The van der Waals surface area contributed by atoms with E-state index in [1.165, 1.54) is 69.4 Å². The van der Waals surface area contributed by atoms with Crippen molar-refractivity contribution in [1.82, 2.24) is 4.90 Å². The maximum absolute atomic E-state index is 2.61. The Hall–Kier alpha value is -0.0800. The van der Waals surface area contributed by atoms with Gasteiger partial charge in [0.1, 0.15) is 0 Å². The van der Waals surface area contributed by atoms with Crippen LogP contribution in [0.15, 0.2) is 0 Å². The molecule has 0 N–H and O–H groups in total. The molecule has 88 valence electrons. The van der Waals surface area contributed by atoms with Crippen molar-refractivity contribution in [1.29, 1.82) is 0 Å². The van der Waals surface area contributed by atoms with Gasteiger partial charge in [-0.2, -0.15) is 0 Å². The van der Waals surface area contributed by atoms with Gasteiger partial charge >= 0.3 is 0 Å². The summed E-state index contributed by atoms with van der Waals surface area (Å²) in [6.45, 7) is 12.8. The molecule has 15 heavy (non-hydrogen) atoms. The van der Waals surface area contributed by atoms with Crippen LogP contribution in [0.2, 0.25) is 0 Å². The highest BCUT2D eigenvalue weighted by Gasteiger charge is 2.39. The van der Waals surface area contributed by atoms with E-state index in [-0.39, 0.29) is 0 Å². The zero-order chi connectivity index (χ0) is 10.7. The predicted molar refractivity (Wildman–Crippen MR) is 64.9 cm³/mol. The Bertz CT molecular complexity index is 189. The predicted octanol–water partition coefficient (Wildman–Crippen LogP) is 2.10. The highest BCUT2D eigenvalue weighted by atomic mass is 15.4. The molecule has 2 nitrogen and oxygen atoms in total. The lowest BCUT2D eigenvalue weighted by Crippen LogP contribution is -2.63. The first-order chi connectivity index (χ1) is 7.30. The molecule has 1 aliphatic carbocycles. The standard InChI is InChI=1S/C13H27N2/c1-3-14-9-11-15(4-2,12-10-14)13-7-5-6-8-13/h13H,3-12H2,1-2H3/q+1. The molecule has 0 spiro atoms. The van der Waals surface area contributed by atoms with Crippen molar-refractivity contribution in [2.75, 3.05) is 39.3 Å². The average molecular weight is 211 g/mol. The molecular weight excluding hydrogens is 184 g/mol. The van der Waals surface area contributed by atoms with E-state index in [0.717, 1.165) is 6.04 Å². The molecule has 1 saturated carbocycles. The summed E-state index contributed by atoms with van der Waals surface area (Å²) in [6, 6.07) is 1.01. The number of quaternary nitrogens is 1. The molecule has 0 radical (unpaired) electrons. The molecule has 0 aromatic rings. The number of piperazine rings is 1. The van der Waals surface area contributed by atoms with Crippen molar-refractivity contribution in [2.45, 2.75) is 45.6 Å². The molecular formula is C13H27N2+. The van der Waals surface area contributed by atoms with E-state index in [1.54, 1.807) is 0 Å². The SMILES string of the molecule is CCN1CC[N+](CC)(C2CCCC2)CC1. The summed E-state index contributed by atoms with van der Waals surface area (Å²) in [5, 5.41) is 0. The molecule has 1 heterocycles. The molecule has 0 aromatic carbocycles. The minimum atomic E-state index is 1.01. The first kappa shape index (κ1) is 11.4. The van der Waals surface area contributed by atoms with Crippen LogP contribution in [0.1, 0.15) is 39.5 Å². The summed E-state index contributed by atoms with van der Waals surface area (Å²) in [4.78, 5) is 2.61. The van der Waals surface area contributed by atoms with Gasteiger partial charge in [0.25, 0.3) is 0 Å². The average Bonchev–Trinajstić information content (AvgIpc) is 2.83. The Balaban J connectivity index is 1.97. The van der Waals surface area contributed by atoms with Crippen LogP contribution in [-0.4, -0.2) is 54.7 Å². The lowest BCUT2D eigenvalue weighted by atomic mass is 10.1. The Morgan fingerprint density at radius 1 is 1.07 bits per heavy atom. The molecule has 0 unspecified atom stereocenters. The zero-order valence-electron chi connectivity index (χ0n) is 10.5. The van der Waals surface area contributed by atoms with E-state index < -0.39 is 0 Å². The van der Waals surface area contributed by atoms with E-state index >= 15 is 0 Å². The van der Waals surface area contributed by atoms with Crippen molar-refractivity contribution < 1.29 is 4.48 Å². The topological polar surface area (TPSA) is 3.24 Å². The summed E-state index contributed by atoms with van der Waals surface area (Å²) in [5.41, 5.74) is 0. The summed E-state index contributed by atoms with van der Waals surface area (Å²) < 4.78 is 1.44. The first-order valence-corrected chi connectivity index (χ1v) is 6.89. The van der Waals surface area contributed by atoms with E-state index in [0.29, 0.717) is 0 Å². The molecule has 0 bridgehead atoms. The summed E-state index contributed by atoms with van der Waals surface area (Å²) in [5.74, 6) is 0. The fraction of sp³-hybridized carbons (Fsp3) is 1.00. The minimum Gasteiger partial charge on any atom is -0.319 e. The van der Waals surface area contributed by atoms with Crippen molar-refractivity contribution in [2.24, 2.45) is 0 Å². The molecule has 2 heteroatoms. The van der Waals surface area contributed by atoms with Crippen LogP contribution in [-0.2, 0) is 0 Å². The van der Waals surface area contributed by atoms with Crippen molar-refractivity contribution >= 4 is 0 Å². The van der Waals surface area contributed by atoms with Gasteiger partial charge in [-0.15, -0.1) is 0 Å². The highest BCUT2D eigenvalue weighted by molar-refractivity contribution is 4.73. The Labute approximate surface area is 94.8 Å². The second-order valence-electron chi connectivity index (χ2n) is 5.35. The Morgan fingerprint density at radius 2 is 1.67 bits per heavy atom. The maximum atomic E-state index is 2.61. The fourth-order valence-electron chi connectivity index (χ4n) is 3.61. The molecule has 2 rings (SSSR count). The molecule has 2 fully saturated rings. The quantitative estimate of drug-likeness (QED) is 0.646. The number of hydrogen-bond donors (Lipinski definition) is 0. The fourth-order valence-corrected chi connectivity index (χ4v) is 3.61. The maximum Gasteiger partial charge on any atom is 0.0918 e. The number of rotatable bonds is 3. The summed E-state index contributed by atoms with van der Waals surface area (Å²) in [7, 11) is 0. The molecule has 0 aromatic heterocycles. The number of hydrogen-bond acceptors (Lipinski definition) is 1. The molecule has 0 amide bonds. The van der Waals surface area contributed by atoms with Crippen LogP contribution in [0.5, 0.6) is 0 Å². The first-order valence-electron chi connectivity index (χ1n) is 6.89. The van der Waals surface area contributed by atoms with Crippen LogP contribution < -0.4 is 0 Å². The number of nitrogens with zero attached hydrogens (tertiary/aromatic N) is 2. The van der Waals surface area contributed by atoms with Gasteiger partial charge < -0.3 is 4.48 Å². The highest BCUT2D eigenvalue weighted by Crippen LogP contribution is 2.30. The molecule has 2 aliphatic rings. The van der Waals surface area contributed by atoms with Gasteiger partial charge in [0.15, 0.2) is 0 Å². The number of likely N-dealkylation sites (N-methyl/N-ethyl adjacent to an activating group) is 2. The zero-order valence-corrected chi connectivity index (χ0v) is 10.5. The summed E-state index contributed by atoms with van der Waals surface area (Å²) in [6.07, 6.45) is 5.98. The summed E-state index contributed by atoms with van der Waals surface area (Å²) >= 11 is 0. The Morgan fingerprint density at radius 3 is 2.13 bits per heavy atom. The van der Waals surface area contributed by atoms with Gasteiger partial charge in [-0.1, -0.05) is 6.92 Å². The van der Waals surface area contributed by atoms with Gasteiger partial charge in [0, 0.05) is 13.1 Å². The van der Waals surface area contributed by atoms with E-state index in [9.17, 15) is 0 Å². The van der Waals surface area contributed by atoms with E-state index in [2.05, 4.69) is 18.7 Å². The second-order valence-corrected chi connectivity index (χ2v) is 5.35. The third-order valence-corrected chi connectivity index (χ3v) is 4.90. The van der Waals surface area contributed by atoms with Crippen LogP contribution >= 0.6 is 0 Å². The van der Waals surface area contributed by atoms with Crippen molar-refractivity contribution in [3.8, 4) is 0 Å². The molecule has 1 aliphatic heterocycles. The second kappa shape index (κ2) is 4.84. The third kappa shape index (κ3) is 2.21. The van der Waals surface area contributed by atoms with Crippen LogP contribution in [0.3, 0.4) is 0 Å². The third-order valence-electron chi connectivity index (χ3n) is 4.90. The van der Waals surface area contributed by atoms with Crippen molar-refractivity contribution in [3.63, 3.8) is 0 Å². The lowest BCUT2D eigenvalue weighted by Gasteiger charge is -2.48. The van der Waals surface area contributed by atoms with Gasteiger partial charge in [0.05, 0.1) is 25.7 Å². The van der Waals surface area contributed by atoms with E-state index in [4.69, 9.17) is 0 Å². The Kier molecular flexibility index (Phi) is 3.68. The molecule has 0 atom stereocenters. The largest absolute Gasteiger partial charge is 0.319 e. The van der Waals surface area contributed by atoms with Crippen LogP contribution in [0.4, 0.5) is 0 Å². The molecule has 1 saturated heterocycles. The lowest BCUT2D eigenvalue weighted by molar-refractivity contribution is -0.952. The van der Waals surface area contributed by atoms with Crippen molar-refractivity contribution in [3.05, 3.63) is 0 Å². The van der Waals surface area contributed by atoms with Crippen LogP contribution in [0, 0.1) is 0 Å².